The fourth-order valence-corrected chi connectivity index (χ4v) is 1.06. The van der Waals surface area contributed by atoms with Crippen LogP contribution in [0.3, 0.4) is 0 Å². The second-order valence-electron chi connectivity index (χ2n) is 2.33. The zero-order chi connectivity index (χ0) is 7.56. The predicted molar refractivity (Wildman–Crippen MR) is 44.6 cm³/mol. The molecule has 1 aliphatic rings. The number of allylic oxidation sites excluding steroid dienone is 1. The van der Waals surface area contributed by atoms with Gasteiger partial charge >= 0.3 is 0 Å². The van der Waals surface area contributed by atoms with Gasteiger partial charge in [0, 0.05) is 13.2 Å². The number of nitrogens with zero attached hydrogens (tertiary/aromatic N) is 1. The molecule has 0 bridgehead atoms. The molecular formula is C7H11NOS. The maximum Gasteiger partial charge on any atom is 0.120 e. The molecule has 1 N–H and O–H groups in total. The molecule has 0 aliphatic carbocycles. The summed E-state index contributed by atoms with van der Waals surface area (Å²) in [4.78, 5) is 1.90. The molecule has 1 rings (SSSR count). The van der Waals surface area contributed by atoms with Crippen molar-refractivity contribution in [3.8, 4) is 0 Å². The van der Waals surface area contributed by atoms with Crippen molar-refractivity contribution in [3.63, 3.8) is 0 Å². The molecule has 0 amide bonds. The van der Waals surface area contributed by atoms with E-state index in [-0.39, 0.29) is 0 Å². The van der Waals surface area contributed by atoms with Crippen LogP contribution < -0.4 is 0 Å². The van der Waals surface area contributed by atoms with Crippen LogP contribution in [0.15, 0.2) is 24.0 Å². The van der Waals surface area contributed by atoms with Crippen molar-refractivity contribution in [2.24, 2.45) is 0 Å². The van der Waals surface area contributed by atoms with Gasteiger partial charge in [-0.25, -0.2) is 0 Å². The van der Waals surface area contributed by atoms with E-state index in [1.807, 2.05) is 30.4 Å². The highest BCUT2D eigenvalue weighted by Crippen LogP contribution is 2.15. The van der Waals surface area contributed by atoms with Crippen molar-refractivity contribution < 1.29 is 5.11 Å². The van der Waals surface area contributed by atoms with E-state index in [0.717, 1.165) is 12.0 Å². The number of thiol groups is 1. The molecule has 1 heterocycles. The van der Waals surface area contributed by atoms with E-state index >= 15 is 0 Å². The Morgan fingerprint density at radius 1 is 1.80 bits per heavy atom. The first kappa shape index (κ1) is 7.69. The summed E-state index contributed by atoms with van der Waals surface area (Å²) in [6.07, 6.45) is 6.64. The van der Waals surface area contributed by atoms with E-state index in [4.69, 9.17) is 5.11 Å². The summed E-state index contributed by atoms with van der Waals surface area (Å²) in [6.45, 7) is 0. The fraction of sp³-hybridized carbons (Fsp3) is 0.429. The lowest BCUT2D eigenvalue weighted by Crippen LogP contribution is -2.11. The molecule has 0 radical (unpaired) electrons. The Labute approximate surface area is 66.3 Å². The highest BCUT2D eigenvalue weighted by molar-refractivity contribution is 7.80. The van der Waals surface area contributed by atoms with Crippen LogP contribution in [0.5, 0.6) is 0 Å². The molecule has 0 fully saturated rings. The van der Waals surface area contributed by atoms with Gasteiger partial charge in [0.05, 0.1) is 0 Å². The van der Waals surface area contributed by atoms with Crippen LogP contribution in [0.25, 0.3) is 0 Å². The third-order valence-electron chi connectivity index (χ3n) is 1.40. The van der Waals surface area contributed by atoms with Crippen molar-refractivity contribution in [1.82, 2.24) is 4.90 Å². The molecule has 0 saturated heterocycles. The van der Waals surface area contributed by atoms with Gasteiger partial charge in [-0.05, 0) is 18.2 Å². The standard InChI is InChI=1S/C7H11NOS/c1-8-4-2-3-6(5-8)7(9)10/h2,4-5,7,9-10H,3H2,1H3. The zero-order valence-corrected chi connectivity index (χ0v) is 6.75. The van der Waals surface area contributed by atoms with Crippen molar-refractivity contribution >= 4 is 12.6 Å². The van der Waals surface area contributed by atoms with Gasteiger partial charge in [-0.1, -0.05) is 6.08 Å². The molecule has 1 aliphatic heterocycles. The molecule has 0 aromatic carbocycles. The van der Waals surface area contributed by atoms with Gasteiger partial charge in [-0.15, -0.1) is 12.6 Å². The van der Waals surface area contributed by atoms with Gasteiger partial charge < -0.3 is 10.0 Å². The van der Waals surface area contributed by atoms with Gasteiger partial charge in [0.1, 0.15) is 5.44 Å². The van der Waals surface area contributed by atoms with Crippen LogP contribution in [0.1, 0.15) is 6.42 Å². The second-order valence-corrected chi connectivity index (χ2v) is 2.82. The second kappa shape index (κ2) is 3.12. The maximum absolute atomic E-state index is 9.03. The zero-order valence-electron chi connectivity index (χ0n) is 5.86. The lowest BCUT2D eigenvalue weighted by molar-refractivity contribution is 0.294. The van der Waals surface area contributed by atoms with E-state index in [1.165, 1.54) is 0 Å². The molecule has 56 valence electrons. The Bertz CT molecular complexity index is 174. The Kier molecular flexibility index (Phi) is 2.40. The van der Waals surface area contributed by atoms with Crippen molar-refractivity contribution in [2.75, 3.05) is 7.05 Å². The summed E-state index contributed by atoms with van der Waals surface area (Å²) >= 11 is 3.91. The topological polar surface area (TPSA) is 23.5 Å². The fourth-order valence-electron chi connectivity index (χ4n) is 0.884. The third kappa shape index (κ3) is 1.78. The number of hydrogen-bond acceptors (Lipinski definition) is 3. The van der Waals surface area contributed by atoms with Crippen LogP contribution in [-0.4, -0.2) is 22.5 Å². The quantitative estimate of drug-likeness (QED) is 0.437. The smallest absolute Gasteiger partial charge is 0.120 e. The van der Waals surface area contributed by atoms with Crippen molar-refractivity contribution in [3.05, 3.63) is 24.0 Å². The molecule has 1 atom stereocenters. The minimum atomic E-state index is -0.618. The Hall–Kier alpha value is -0.410. The first-order valence-corrected chi connectivity index (χ1v) is 3.67. The third-order valence-corrected chi connectivity index (χ3v) is 1.73. The van der Waals surface area contributed by atoms with E-state index in [9.17, 15) is 0 Å². The normalized spacial score (nSPS) is 20.7. The summed E-state index contributed by atoms with van der Waals surface area (Å²) in [5, 5.41) is 9.03. The van der Waals surface area contributed by atoms with E-state index in [2.05, 4.69) is 12.6 Å². The van der Waals surface area contributed by atoms with Crippen LogP contribution >= 0.6 is 12.6 Å². The molecular weight excluding hydrogens is 146 g/mol. The van der Waals surface area contributed by atoms with Crippen LogP contribution in [0.2, 0.25) is 0 Å². The van der Waals surface area contributed by atoms with E-state index in [1.54, 1.807) is 0 Å². The highest BCUT2D eigenvalue weighted by atomic mass is 32.1. The van der Waals surface area contributed by atoms with Gasteiger partial charge in [0.2, 0.25) is 0 Å². The Balaban J connectivity index is 2.62. The van der Waals surface area contributed by atoms with Gasteiger partial charge in [-0.3, -0.25) is 0 Å². The lowest BCUT2D eigenvalue weighted by Gasteiger charge is -2.17. The number of hydrogen-bond donors (Lipinski definition) is 2. The lowest BCUT2D eigenvalue weighted by atomic mass is 10.2. The van der Waals surface area contributed by atoms with Crippen molar-refractivity contribution in [2.45, 2.75) is 11.9 Å². The van der Waals surface area contributed by atoms with Gasteiger partial charge in [0.15, 0.2) is 0 Å². The van der Waals surface area contributed by atoms with Crippen LogP contribution in [0.4, 0.5) is 0 Å². The first-order chi connectivity index (χ1) is 4.70. The molecule has 0 aromatic heterocycles. The summed E-state index contributed by atoms with van der Waals surface area (Å²) in [5.41, 5.74) is 0.320. The summed E-state index contributed by atoms with van der Waals surface area (Å²) < 4.78 is 0. The largest absolute Gasteiger partial charge is 0.379 e. The molecule has 10 heavy (non-hydrogen) atoms. The van der Waals surface area contributed by atoms with Gasteiger partial charge in [-0.2, -0.15) is 0 Å². The van der Waals surface area contributed by atoms with Crippen LogP contribution in [0, 0.1) is 0 Å². The summed E-state index contributed by atoms with van der Waals surface area (Å²) in [5.74, 6) is 0. The predicted octanol–water partition coefficient (Wildman–Crippen LogP) is 0.968. The molecule has 1 unspecified atom stereocenters. The monoisotopic (exact) mass is 157 g/mol. The average Bonchev–Trinajstić information content (AvgIpc) is 1.88. The molecule has 2 nitrogen and oxygen atoms in total. The average molecular weight is 157 g/mol. The number of aliphatic hydroxyl groups excluding tert-OH is 1. The molecule has 3 heteroatoms. The molecule has 0 spiro atoms. The molecule has 0 aromatic rings. The number of rotatable bonds is 1. The summed E-state index contributed by atoms with van der Waals surface area (Å²) in [7, 11) is 1.92. The molecule has 0 saturated carbocycles. The Morgan fingerprint density at radius 3 is 2.90 bits per heavy atom. The summed E-state index contributed by atoms with van der Waals surface area (Å²) in [6, 6.07) is 0. The van der Waals surface area contributed by atoms with Crippen molar-refractivity contribution in [1.29, 1.82) is 0 Å². The SMILES string of the molecule is CN1C=CCC(C(O)S)=C1. The Morgan fingerprint density at radius 2 is 2.50 bits per heavy atom. The van der Waals surface area contributed by atoms with Gasteiger partial charge in [0.25, 0.3) is 0 Å². The van der Waals surface area contributed by atoms with Crippen LogP contribution in [-0.2, 0) is 0 Å². The minimum absolute atomic E-state index is 0.618. The minimum Gasteiger partial charge on any atom is -0.379 e. The van der Waals surface area contributed by atoms with E-state index < -0.39 is 5.44 Å². The highest BCUT2D eigenvalue weighted by Gasteiger charge is 2.06. The van der Waals surface area contributed by atoms with E-state index in [0.29, 0.717) is 0 Å². The number of aliphatic hydroxyl groups is 1. The first-order valence-electron chi connectivity index (χ1n) is 3.15. The maximum atomic E-state index is 9.03.